The Balaban J connectivity index is 1.95. The minimum Gasteiger partial charge on any atom is -0.411 e. The number of aromatic nitrogens is 1. The summed E-state index contributed by atoms with van der Waals surface area (Å²) in [5.41, 5.74) is 2.10. The van der Waals surface area contributed by atoms with Gasteiger partial charge in [-0.05, 0) is 51.8 Å². The molecule has 2 rings (SSSR count). The molecule has 0 aliphatic rings. The number of nitrogens with zero attached hydrogens (tertiary/aromatic N) is 2. The predicted octanol–water partition coefficient (Wildman–Crippen LogP) is 4.77. The van der Waals surface area contributed by atoms with Gasteiger partial charge < -0.3 is 15.3 Å². The number of thioether (sulfide) groups is 1. The summed E-state index contributed by atoms with van der Waals surface area (Å²) in [6.07, 6.45) is 1.67. The van der Waals surface area contributed by atoms with Gasteiger partial charge in [0.25, 0.3) is 0 Å². The van der Waals surface area contributed by atoms with Crippen LogP contribution in [0.4, 0.5) is 5.69 Å². The molecule has 0 radical (unpaired) electrons. The molecule has 1 heterocycles. The first kappa shape index (κ1) is 20.7. The highest BCUT2D eigenvalue weighted by Crippen LogP contribution is 2.32. The molecule has 0 aliphatic carbocycles. The molecule has 0 saturated heterocycles. The van der Waals surface area contributed by atoms with Gasteiger partial charge in [-0.2, -0.15) is 0 Å². The second kappa shape index (κ2) is 9.34. The lowest BCUT2D eigenvalue weighted by molar-refractivity contribution is -0.116. The lowest BCUT2D eigenvalue weighted by Crippen LogP contribution is -2.22. The molecule has 6 nitrogen and oxygen atoms in total. The molecular formula is C18H25N3O3S2. The van der Waals surface area contributed by atoms with Crippen LogP contribution in [-0.4, -0.2) is 40.3 Å². The Labute approximate surface area is 162 Å². The maximum absolute atomic E-state index is 12.0. The average Bonchev–Trinajstić information content (AvgIpc) is 3.01. The van der Waals surface area contributed by atoms with Crippen LogP contribution < -0.4 is 5.32 Å². The van der Waals surface area contributed by atoms with Gasteiger partial charge in [0.2, 0.25) is 5.91 Å². The molecule has 0 saturated carbocycles. The van der Waals surface area contributed by atoms with Crippen LogP contribution in [0.25, 0.3) is 10.2 Å². The van der Waals surface area contributed by atoms with Gasteiger partial charge in [-0.3, -0.25) is 4.79 Å². The van der Waals surface area contributed by atoms with Crippen molar-refractivity contribution < 1.29 is 14.7 Å². The number of oxime groups is 1. The van der Waals surface area contributed by atoms with Gasteiger partial charge in [0.15, 0.2) is 4.34 Å². The maximum Gasteiger partial charge on any atom is 0.224 e. The Morgan fingerprint density at radius 2 is 2.19 bits per heavy atom. The van der Waals surface area contributed by atoms with Crippen molar-refractivity contribution in [3.8, 4) is 0 Å². The summed E-state index contributed by atoms with van der Waals surface area (Å²) in [4.78, 5) is 16.6. The van der Waals surface area contributed by atoms with E-state index in [1.165, 1.54) is 0 Å². The summed E-state index contributed by atoms with van der Waals surface area (Å²) in [7, 11) is 1.73. The second-order valence-corrected chi connectivity index (χ2v) is 8.98. The molecule has 0 atom stereocenters. The second-order valence-electron chi connectivity index (χ2n) is 6.61. The van der Waals surface area contributed by atoms with Crippen molar-refractivity contribution in [3.05, 3.63) is 18.2 Å². The van der Waals surface area contributed by atoms with E-state index in [1.807, 2.05) is 18.2 Å². The van der Waals surface area contributed by atoms with Crippen LogP contribution in [0.15, 0.2) is 27.7 Å². The van der Waals surface area contributed by atoms with Crippen molar-refractivity contribution in [1.82, 2.24) is 4.98 Å². The van der Waals surface area contributed by atoms with Crippen LogP contribution in [0.5, 0.6) is 0 Å². The SMILES string of the molecule is COC(C)(C)CCSc1nc2ccc(NC(=O)CCC(C)=NO)cc2s1. The average molecular weight is 396 g/mol. The third-order valence-electron chi connectivity index (χ3n) is 4.02. The number of anilines is 1. The first-order valence-electron chi connectivity index (χ1n) is 8.39. The van der Waals surface area contributed by atoms with Crippen molar-refractivity contribution in [3.63, 3.8) is 0 Å². The van der Waals surface area contributed by atoms with Crippen LogP contribution in [-0.2, 0) is 9.53 Å². The van der Waals surface area contributed by atoms with Gasteiger partial charge in [-0.1, -0.05) is 16.9 Å². The number of methoxy groups -OCH3 is 1. The summed E-state index contributed by atoms with van der Waals surface area (Å²) < 4.78 is 7.50. The molecule has 1 aromatic carbocycles. The standard InChI is InChI=1S/C18H25N3O3S2/c1-12(21-23)5-8-16(22)19-13-6-7-14-15(11-13)26-17(20-14)25-10-9-18(2,3)24-4/h6-7,11,23H,5,8-10H2,1-4H3,(H,19,22). The van der Waals surface area contributed by atoms with Gasteiger partial charge in [-0.15, -0.1) is 11.3 Å². The first-order chi connectivity index (χ1) is 12.3. The highest BCUT2D eigenvalue weighted by atomic mass is 32.2. The number of amides is 1. The molecule has 0 aliphatic heterocycles. The normalized spacial score (nSPS) is 12.5. The number of rotatable bonds is 9. The Morgan fingerprint density at radius 3 is 2.88 bits per heavy atom. The van der Waals surface area contributed by atoms with E-state index >= 15 is 0 Å². The number of benzene rings is 1. The number of carbonyl (C=O) groups is 1. The number of fused-ring (bicyclic) bond motifs is 1. The monoisotopic (exact) mass is 395 g/mol. The first-order valence-corrected chi connectivity index (χ1v) is 10.2. The number of nitrogens with one attached hydrogen (secondary N) is 1. The zero-order chi connectivity index (χ0) is 19.2. The molecule has 0 bridgehead atoms. The molecule has 0 fully saturated rings. The minimum atomic E-state index is -0.125. The van der Waals surface area contributed by atoms with Crippen molar-refractivity contribution in [2.75, 3.05) is 18.2 Å². The van der Waals surface area contributed by atoms with Crippen LogP contribution in [0.1, 0.15) is 40.0 Å². The predicted molar refractivity (Wildman–Crippen MR) is 109 cm³/mol. The van der Waals surface area contributed by atoms with E-state index in [0.29, 0.717) is 12.1 Å². The van der Waals surface area contributed by atoms with E-state index in [2.05, 4.69) is 29.3 Å². The summed E-state index contributed by atoms with van der Waals surface area (Å²) in [6, 6.07) is 5.72. The summed E-state index contributed by atoms with van der Waals surface area (Å²) in [5, 5.41) is 14.6. The fourth-order valence-corrected chi connectivity index (χ4v) is 4.52. The third kappa shape index (κ3) is 6.26. The largest absolute Gasteiger partial charge is 0.411 e. The van der Waals surface area contributed by atoms with E-state index in [1.54, 1.807) is 37.1 Å². The van der Waals surface area contributed by atoms with Gasteiger partial charge in [0, 0.05) is 25.0 Å². The molecule has 0 unspecified atom stereocenters. The van der Waals surface area contributed by atoms with E-state index in [-0.39, 0.29) is 17.9 Å². The topological polar surface area (TPSA) is 83.8 Å². The molecule has 8 heteroatoms. The fourth-order valence-electron chi connectivity index (χ4n) is 2.10. The molecular weight excluding hydrogens is 370 g/mol. The number of hydrogen-bond donors (Lipinski definition) is 2. The highest BCUT2D eigenvalue weighted by Gasteiger charge is 2.16. The van der Waals surface area contributed by atoms with Crippen LogP contribution in [0, 0.1) is 0 Å². The van der Waals surface area contributed by atoms with E-state index in [9.17, 15) is 4.79 Å². The molecule has 1 aromatic heterocycles. The van der Waals surface area contributed by atoms with E-state index < -0.39 is 0 Å². The fraction of sp³-hybridized carbons (Fsp3) is 0.500. The molecule has 2 N–H and O–H groups in total. The zero-order valence-electron chi connectivity index (χ0n) is 15.5. The van der Waals surface area contributed by atoms with Gasteiger partial charge in [0.1, 0.15) is 0 Å². The van der Waals surface area contributed by atoms with Crippen molar-refractivity contribution >= 4 is 50.6 Å². The minimum absolute atomic E-state index is 0.103. The van der Waals surface area contributed by atoms with Crippen molar-refractivity contribution in [2.45, 2.75) is 50.0 Å². The lowest BCUT2D eigenvalue weighted by atomic mass is 10.1. The van der Waals surface area contributed by atoms with Gasteiger partial charge in [0.05, 0.1) is 21.5 Å². The highest BCUT2D eigenvalue weighted by molar-refractivity contribution is 8.01. The smallest absolute Gasteiger partial charge is 0.224 e. The number of thiazole rings is 1. The third-order valence-corrected chi connectivity index (χ3v) is 6.18. The zero-order valence-corrected chi connectivity index (χ0v) is 17.2. The summed E-state index contributed by atoms with van der Waals surface area (Å²) >= 11 is 3.35. The Morgan fingerprint density at radius 1 is 1.42 bits per heavy atom. The molecule has 2 aromatic rings. The number of ether oxygens (including phenoxy) is 1. The van der Waals surface area contributed by atoms with Crippen LogP contribution >= 0.6 is 23.1 Å². The quantitative estimate of drug-likeness (QED) is 0.276. The Bertz CT molecular complexity index is 787. The lowest BCUT2D eigenvalue weighted by Gasteiger charge is -2.21. The number of carbonyl (C=O) groups excluding carboxylic acids is 1. The summed E-state index contributed by atoms with van der Waals surface area (Å²) in [5.74, 6) is 0.837. The molecule has 0 spiro atoms. The molecule has 26 heavy (non-hydrogen) atoms. The molecule has 1 amide bonds. The van der Waals surface area contributed by atoms with Crippen molar-refractivity contribution in [2.24, 2.45) is 5.16 Å². The number of hydrogen-bond acceptors (Lipinski definition) is 7. The van der Waals surface area contributed by atoms with Gasteiger partial charge >= 0.3 is 0 Å². The maximum atomic E-state index is 12.0. The van der Waals surface area contributed by atoms with E-state index in [0.717, 1.165) is 32.4 Å². The van der Waals surface area contributed by atoms with Gasteiger partial charge in [-0.25, -0.2) is 4.98 Å². The summed E-state index contributed by atoms with van der Waals surface area (Å²) in [6.45, 7) is 5.84. The Hall–Kier alpha value is -1.64. The Kier molecular flexibility index (Phi) is 7.43. The van der Waals surface area contributed by atoms with Crippen LogP contribution in [0.3, 0.4) is 0 Å². The van der Waals surface area contributed by atoms with Crippen LogP contribution in [0.2, 0.25) is 0 Å². The van der Waals surface area contributed by atoms with E-state index in [4.69, 9.17) is 9.94 Å². The molecule has 142 valence electrons. The van der Waals surface area contributed by atoms with Crippen molar-refractivity contribution in [1.29, 1.82) is 0 Å².